The first kappa shape index (κ1) is 14.0. The molecule has 2 atom stereocenters. The van der Waals surface area contributed by atoms with Crippen LogP contribution in [0.15, 0.2) is 35.7 Å². The molecule has 0 saturated carbocycles. The molecule has 0 spiro atoms. The lowest BCUT2D eigenvalue weighted by molar-refractivity contribution is 0.148. The second kappa shape index (κ2) is 6.14. The number of nitrogens with two attached hydrogens (primary N) is 1. The summed E-state index contributed by atoms with van der Waals surface area (Å²) in [6.45, 7) is 2.50. The molecule has 3 N–H and O–H groups in total. The van der Waals surface area contributed by atoms with E-state index in [0.29, 0.717) is 6.54 Å². The lowest BCUT2D eigenvalue weighted by Gasteiger charge is -2.21. The zero-order chi connectivity index (χ0) is 13.1. The number of hydrogen-bond donors (Lipinski definition) is 2. The molecule has 0 amide bonds. The van der Waals surface area contributed by atoms with Crippen molar-refractivity contribution in [2.24, 2.45) is 5.73 Å². The Labute approximate surface area is 125 Å². The maximum atomic E-state index is 10.4. The number of rotatable bonds is 4. The number of halogens is 1. The minimum absolute atomic E-state index is 0.0454. The summed E-state index contributed by atoms with van der Waals surface area (Å²) in [5.41, 5.74) is 9.10. The Balaban J connectivity index is 2.25. The maximum absolute atomic E-state index is 10.4. The number of aliphatic hydroxyl groups is 1. The third-order valence-electron chi connectivity index (χ3n) is 3.07. The van der Waals surface area contributed by atoms with E-state index in [9.17, 15) is 5.11 Å². The highest BCUT2D eigenvalue weighted by Gasteiger charge is 2.22. The van der Waals surface area contributed by atoms with E-state index in [1.807, 2.05) is 23.6 Å². The van der Waals surface area contributed by atoms with E-state index in [4.69, 9.17) is 5.73 Å². The van der Waals surface area contributed by atoms with Crippen LogP contribution < -0.4 is 5.73 Å². The third kappa shape index (κ3) is 3.12. The second-order valence-electron chi connectivity index (χ2n) is 4.38. The van der Waals surface area contributed by atoms with Crippen LogP contribution in [-0.4, -0.2) is 11.7 Å². The fourth-order valence-electron chi connectivity index (χ4n) is 1.97. The van der Waals surface area contributed by atoms with E-state index in [-0.39, 0.29) is 5.92 Å². The number of benzene rings is 1. The van der Waals surface area contributed by atoms with Crippen LogP contribution in [0.5, 0.6) is 0 Å². The number of aliphatic hydroxyl groups excluding tert-OH is 1. The molecule has 0 aliphatic rings. The molecule has 0 aliphatic carbocycles. The van der Waals surface area contributed by atoms with E-state index in [1.165, 1.54) is 8.45 Å². The minimum atomic E-state index is -0.530. The fraction of sp³-hybridized carbons (Fsp3) is 0.286. The second-order valence-corrected chi connectivity index (χ2v) is 7.19. The van der Waals surface area contributed by atoms with Gasteiger partial charge in [-0.15, -0.1) is 11.3 Å². The monoisotopic (exact) mass is 373 g/mol. The Morgan fingerprint density at radius 2 is 1.94 bits per heavy atom. The standard InChI is InChI=1S/C14H16INOS/c1-9-2-4-10(5-3-9)12(7-16)14(17)11-6-13(15)18-8-11/h2-6,8,12,14,17H,7,16H2,1H3. The Morgan fingerprint density at radius 3 is 2.44 bits per heavy atom. The molecule has 0 bridgehead atoms. The van der Waals surface area contributed by atoms with Crippen molar-refractivity contribution in [3.05, 3.63) is 55.3 Å². The zero-order valence-corrected chi connectivity index (χ0v) is 13.1. The van der Waals surface area contributed by atoms with Crippen LogP contribution in [0.1, 0.15) is 28.7 Å². The van der Waals surface area contributed by atoms with Crippen molar-refractivity contribution in [1.29, 1.82) is 0 Å². The molecule has 18 heavy (non-hydrogen) atoms. The molecule has 4 heteroatoms. The SMILES string of the molecule is Cc1ccc(C(CN)C(O)c2csc(I)c2)cc1. The Hall–Kier alpha value is -0.430. The molecular weight excluding hydrogens is 357 g/mol. The topological polar surface area (TPSA) is 46.2 Å². The summed E-state index contributed by atoms with van der Waals surface area (Å²) in [5.74, 6) is -0.0454. The van der Waals surface area contributed by atoms with Gasteiger partial charge in [-0.05, 0) is 52.1 Å². The van der Waals surface area contributed by atoms with Crippen molar-refractivity contribution < 1.29 is 5.11 Å². The summed E-state index contributed by atoms with van der Waals surface area (Å²) in [4.78, 5) is 0. The van der Waals surface area contributed by atoms with Crippen LogP contribution in [0.3, 0.4) is 0 Å². The first-order chi connectivity index (χ1) is 8.61. The molecule has 0 radical (unpaired) electrons. The van der Waals surface area contributed by atoms with Gasteiger partial charge in [-0.2, -0.15) is 0 Å². The van der Waals surface area contributed by atoms with Crippen LogP contribution in [0.4, 0.5) is 0 Å². The van der Waals surface area contributed by atoms with Gasteiger partial charge < -0.3 is 10.8 Å². The van der Waals surface area contributed by atoms with Crippen LogP contribution >= 0.6 is 33.9 Å². The summed E-state index contributed by atoms with van der Waals surface area (Å²) < 4.78 is 1.18. The van der Waals surface area contributed by atoms with Crippen LogP contribution in [0.25, 0.3) is 0 Å². The van der Waals surface area contributed by atoms with Crippen LogP contribution in [0.2, 0.25) is 0 Å². The molecule has 0 saturated heterocycles. The van der Waals surface area contributed by atoms with Gasteiger partial charge in [-0.25, -0.2) is 0 Å². The zero-order valence-electron chi connectivity index (χ0n) is 10.1. The number of aryl methyl sites for hydroxylation is 1. The number of thiophene rings is 1. The molecule has 0 fully saturated rings. The lowest BCUT2D eigenvalue weighted by atomic mass is 9.90. The average molecular weight is 373 g/mol. The van der Waals surface area contributed by atoms with Crippen LogP contribution in [-0.2, 0) is 0 Å². The highest BCUT2D eigenvalue weighted by Crippen LogP contribution is 2.33. The minimum Gasteiger partial charge on any atom is -0.388 e. The van der Waals surface area contributed by atoms with Gasteiger partial charge in [0.2, 0.25) is 0 Å². The third-order valence-corrected chi connectivity index (χ3v) is 4.88. The van der Waals surface area contributed by atoms with Gasteiger partial charge in [0.05, 0.1) is 8.99 Å². The molecule has 0 aliphatic heterocycles. The summed E-state index contributed by atoms with van der Waals surface area (Å²) in [6, 6.07) is 10.2. The van der Waals surface area contributed by atoms with E-state index < -0.39 is 6.10 Å². The summed E-state index contributed by atoms with van der Waals surface area (Å²) in [6.07, 6.45) is -0.530. The average Bonchev–Trinajstić information content (AvgIpc) is 2.79. The predicted molar refractivity (Wildman–Crippen MR) is 85.0 cm³/mol. The van der Waals surface area contributed by atoms with E-state index >= 15 is 0 Å². The van der Waals surface area contributed by atoms with Gasteiger partial charge >= 0.3 is 0 Å². The molecule has 1 aromatic heterocycles. The van der Waals surface area contributed by atoms with Gasteiger partial charge in [0.1, 0.15) is 0 Å². The maximum Gasteiger partial charge on any atom is 0.0879 e. The highest BCUT2D eigenvalue weighted by molar-refractivity contribution is 14.1. The fourth-order valence-corrected chi connectivity index (χ4v) is 3.37. The first-order valence-electron chi connectivity index (χ1n) is 5.80. The summed E-state index contributed by atoms with van der Waals surface area (Å²) in [5, 5.41) is 12.4. The van der Waals surface area contributed by atoms with Crippen molar-refractivity contribution in [3.8, 4) is 0 Å². The Bertz CT molecular complexity index is 509. The molecule has 2 nitrogen and oxygen atoms in total. The van der Waals surface area contributed by atoms with Crippen molar-refractivity contribution in [2.75, 3.05) is 6.54 Å². The van der Waals surface area contributed by atoms with Gasteiger partial charge in [0, 0.05) is 12.5 Å². The van der Waals surface area contributed by atoms with Gasteiger partial charge in [-0.3, -0.25) is 0 Å². The number of hydrogen-bond acceptors (Lipinski definition) is 3. The van der Waals surface area contributed by atoms with Crippen molar-refractivity contribution in [2.45, 2.75) is 18.9 Å². The molecule has 2 unspecified atom stereocenters. The van der Waals surface area contributed by atoms with E-state index in [2.05, 4.69) is 41.6 Å². The van der Waals surface area contributed by atoms with E-state index in [0.717, 1.165) is 11.1 Å². The molecule has 2 aromatic rings. The van der Waals surface area contributed by atoms with Crippen LogP contribution in [0, 0.1) is 9.81 Å². The summed E-state index contributed by atoms with van der Waals surface area (Å²) in [7, 11) is 0. The van der Waals surface area contributed by atoms with E-state index in [1.54, 1.807) is 11.3 Å². The van der Waals surface area contributed by atoms with Gasteiger partial charge in [0.15, 0.2) is 0 Å². The molecule has 1 heterocycles. The molecule has 1 aromatic carbocycles. The van der Waals surface area contributed by atoms with Crippen molar-refractivity contribution in [1.82, 2.24) is 0 Å². The predicted octanol–water partition coefficient (Wildman–Crippen LogP) is 3.44. The first-order valence-corrected chi connectivity index (χ1v) is 7.76. The lowest BCUT2D eigenvalue weighted by Crippen LogP contribution is -2.19. The molecule has 2 rings (SSSR count). The summed E-state index contributed by atoms with van der Waals surface area (Å²) >= 11 is 3.91. The molecule has 96 valence electrons. The van der Waals surface area contributed by atoms with Crippen molar-refractivity contribution >= 4 is 33.9 Å². The van der Waals surface area contributed by atoms with Crippen molar-refractivity contribution in [3.63, 3.8) is 0 Å². The van der Waals surface area contributed by atoms with Gasteiger partial charge in [-0.1, -0.05) is 29.8 Å². The quantitative estimate of drug-likeness (QED) is 0.807. The Morgan fingerprint density at radius 1 is 1.28 bits per heavy atom. The largest absolute Gasteiger partial charge is 0.388 e. The smallest absolute Gasteiger partial charge is 0.0879 e. The molecular formula is C14H16INOS. The van der Waals surface area contributed by atoms with Gasteiger partial charge in [0.25, 0.3) is 0 Å². The highest BCUT2D eigenvalue weighted by atomic mass is 127. The Kier molecular flexibility index (Phi) is 4.77. The normalized spacial score (nSPS) is 14.4.